The van der Waals surface area contributed by atoms with Crippen LogP contribution in [0.2, 0.25) is 0 Å². The number of rotatable bonds is 14. The number of pyridine rings is 2. The van der Waals surface area contributed by atoms with E-state index in [1.165, 1.54) is 31.4 Å². The molecule has 0 spiro atoms. The largest absolute Gasteiger partial charge is 0.469 e. The van der Waals surface area contributed by atoms with Crippen LogP contribution in [0.4, 0.5) is 8.78 Å². The lowest BCUT2D eigenvalue weighted by Gasteiger charge is -2.40. The summed E-state index contributed by atoms with van der Waals surface area (Å²) in [5.74, 6) is -0.277. The summed E-state index contributed by atoms with van der Waals surface area (Å²) in [5, 5.41) is 10.3. The summed E-state index contributed by atoms with van der Waals surface area (Å²) >= 11 is 0. The lowest BCUT2D eigenvalue weighted by atomic mass is 9.65. The molecule has 2 aliphatic carbocycles. The molecule has 370 valence electrons. The predicted octanol–water partition coefficient (Wildman–Crippen LogP) is 11.9. The molecule has 4 heterocycles. The van der Waals surface area contributed by atoms with Crippen LogP contribution in [0, 0.1) is 48.1 Å². The summed E-state index contributed by atoms with van der Waals surface area (Å²) in [6.45, 7) is 5.24. The average Bonchev–Trinajstić information content (AvgIpc) is 4.02. The molecule has 0 radical (unpaired) electrons. The zero-order valence-electron chi connectivity index (χ0n) is 41.4. The Bertz CT molecular complexity index is 3040. The van der Waals surface area contributed by atoms with E-state index in [2.05, 4.69) is 9.97 Å². The van der Waals surface area contributed by atoms with Crippen LogP contribution in [0.3, 0.4) is 0 Å². The fraction of sp³-hybridized carbons (Fsp3) is 0.361. The van der Waals surface area contributed by atoms with Crippen molar-refractivity contribution in [2.75, 3.05) is 13.7 Å². The van der Waals surface area contributed by atoms with Crippen LogP contribution >= 0.6 is 0 Å². The number of ketones is 2. The number of benzene rings is 4. The number of Topliss-reactive ketones (excluding diaryl/α,β-unsaturated/α-hetero) is 2. The van der Waals surface area contributed by atoms with E-state index in [1.807, 2.05) is 74.5 Å². The molecule has 4 aliphatic rings. The first-order chi connectivity index (χ1) is 34.8. The van der Waals surface area contributed by atoms with E-state index in [9.17, 15) is 28.3 Å². The molecule has 4 atom stereocenters. The van der Waals surface area contributed by atoms with Crippen molar-refractivity contribution in [3.8, 4) is 0 Å². The quantitative estimate of drug-likeness (QED) is 0.0849. The predicted molar refractivity (Wildman–Crippen MR) is 276 cm³/mol. The van der Waals surface area contributed by atoms with E-state index < -0.39 is 5.41 Å². The maximum absolute atomic E-state index is 13.4. The van der Waals surface area contributed by atoms with Gasteiger partial charge in [0.15, 0.2) is 11.6 Å². The summed E-state index contributed by atoms with van der Waals surface area (Å²) in [7, 11) is 1.41. The first-order valence-corrected chi connectivity index (χ1v) is 25.3. The number of hydrogen-bond donors (Lipinski definition) is 1. The molecule has 72 heavy (non-hydrogen) atoms. The van der Waals surface area contributed by atoms with E-state index in [0.717, 1.165) is 111 Å². The van der Waals surface area contributed by atoms with Gasteiger partial charge in [0.25, 0.3) is 0 Å². The topological polar surface area (TPSA) is 131 Å². The second-order valence-electron chi connectivity index (χ2n) is 20.7. The lowest BCUT2D eigenvalue weighted by Crippen LogP contribution is -2.40. The van der Waals surface area contributed by atoms with Crippen molar-refractivity contribution >= 4 is 29.0 Å². The minimum atomic E-state index is -0.702. The summed E-state index contributed by atoms with van der Waals surface area (Å²) in [5.41, 5.74) is 12.4. The first kappa shape index (κ1) is 50.1. The summed E-state index contributed by atoms with van der Waals surface area (Å²) in [6, 6.07) is 32.6. The van der Waals surface area contributed by atoms with Crippen molar-refractivity contribution in [3.05, 3.63) is 200 Å². The van der Waals surface area contributed by atoms with Crippen LogP contribution in [0.1, 0.15) is 141 Å². The molecule has 2 aliphatic heterocycles. The molecule has 0 saturated heterocycles. The number of methoxy groups -OCH3 is 1. The Morgan fingerprint density at radius 1 is 0.625 bits per heavy atom. The molecule has 2 saturated carbocycles. The van der Waals surface area contributed by atoms with Gasteiger partial charge in [0, 0.05) is 76.6 Å². The Morgan fingerprint density at radius 3 is 1.60 bits per heavy atom. The van der Waals surface area contributed by atoms with Crippen molar-refractivity contribution < 1.29 is 33.0 Å². The number of aliphatic imine (C=N–C) groups is 2. The van der Waals surface area contributed by atoms with Gasteiger partial charge in [0.1, 0.15) is 11.6 Å². The van der Waals surface area contributed by atoms with Gasteiger partial charge in [-0.1, -0.05) is 61.4 Å². The fourth-order valence-corrected chi connectivity index (χ4v) is 11.8. The number of carbonyl (C=O) groups excluding carboxylic acids is 3. The molecule has 6 aromatic rings. The average molecular weight is 969 g/mol. The fourth-order valence-electron chi connectivity index (χ4n) is 11.8. The minimum absolute atomic E-state index is 0.0741. The standard InChI is InChI=1S/C31H31FN2O3.C30H31FN2O2/c1-20-14-24(11-13-33-20)29-27-16-23(7-8-25(27)19-34-29)28(35)15-22-4-3-12-31(18-22,30(36)37-2)17-21-5-9-26(32)10-6-21;1-20-13-24(10-12-32-20)29-27-15-23(6-7-25(27)18-33-29)28(35)14-22-3-2-11-30(17-22,19-34)16-21-4-8-26(31)9-5-21/h5-11,13-14,16,22H,3-4,12,15,17-19H2,1-2H3;4-10,12-13,15,22,34H,2-3,11,14,16-19H2,1H3. The number of aliphatic hydroxyl groups is 1. The molecule has 0 bridgehead atoms. The van der Waals surface area contributed by atoms with Gasteiger partial charge < -0.3 is 9.84 Å². The van der Waals surface area contributed by atoms with Crippen LogP contribution in [-0.2, 0) is 35.5 Å². The van der Waals surface area contributed by atoms with Crippen LogP contribution in [0.25, 0.3) is 0 Å². The zero-order chi connectivity index (χ0) is 50.4. The number of aromatic nitrogens is 2. The van der Waals surface area contributed by atoms with Gasteiger partial charge in [-0.25, -0.2) is 8.78 Å². The van der Waals surface area contributed by atoms with Crippen molar-refractivity contribution in [2.45, 2.75) is 104 Å². The second-order valence-corrected chi connectivity index (χ2v) is 20.7. The molecule has 1 N–H and O–H groups in total. The zero-order valence-corrected chi connectivity index (χ0v) is 41.4. The van der Waals surface area contributed by atoms with Gasteiger partial charge in [-0.15, -0.1) is 0 Å². The Kier molecular flexibility index (Phi) is 15.2. The SMILES string of the molecule is COC(=O)C1(Cc2ccc(F)cc2)CCCC(CC(=O)c2ccc3c(c2)C(c2ccnc(C)c2)=NC3)C1.Cc1cc(C2=NCc3ccc(C(=O)CC4CCCC(CO)(Cc5ccc(F)cc5)C4)cc32)ccn1. The van der Waals surface area contributed by atoms with Gasteiger partial charge in [-0.3, -0.25) is 34.3 Å². The van der Waals surface area contributed by atoms with Crippen LogP contribution < -0.4 is 0 Å². The van der Waals surface area contributed by atoms with E-state index in [0.29, 0.717) is 57.2 Å². The van der Waals surface area contributed by atoms with Crippen molar-refractivity contribution in [1.82, 2.24) is 9.97 Å². The van der Waals surface area contributed by atoms with Crippen LogP contribution in [0.5, 0.6) is 0 Å². The molecular formula is C61H62F2N4O5. The summed E-state index contributed by atoms with van der Waals surface area (Å²) in [4.78, 5) is 57.8. The Hall–Kier alpha value is -6.85. The molecule has 10 rings (SSSR count). The number of hydrogen-bond acceptors (Lipinski definition) is 9. The Morgan fingerprint density at radius 2 is 1.11 bits per heavy atom. The van der Waals surface area contributed by atoms with Gasteiger partial charge in [0.2, 0.25) is 0 Å². The van der Waals surface area contributed by atoms with Crippen LogP contribution in [-0.4, -0.2) is 57.8 Å². The third kappa shape index (κ3) is 11.4. The molecule has 11 heteroatoms. The Balaban J connectivity index is 0.000000178. The lowest BCUT2D eigenvalue weighted by molar-refractivity contribution is -0.156. The maximum Gasteiger partial charge on any atom is 0.312 e. The number of carbonyl (C=O) groups is 3. The minimum Gasteiger partial charge on any atom is -0.469 e. The maximum atomic E-state index is 13.4. The highest BCUT2D eigenvalue weighted by Gasteiger charge is 2.44. The van der Waals surface area contributed by atoms with Gasteiger partial charge in [-0.2, -0.15) is 0 Å². The highest BCUT2D eigenvalue weighted by molar-refractivity contribution is 6.17. The van der Waals surface area contributed by atoms with Gasteiger partial charge in [0.05, 0.1) is 37.0 Å². The third-order valence-corrected chi connectivity index (χ3v) is 15.4. The van der Waals surface area contributed by atoms with E-state index in [-0.39, 0.29) is 53.0 Å². The molecule has 2 aromatic heterocycles. The number of aryl methyl sites for hydroxylation is 2. The van der Waals surface area contributed by atoms with E-state index in [4.69, 9.17) is 14.7 Å². The number of fused-ring (bicyclic) bond motifs is 2. The highest BCUT2D eigenvalue weighted by Crippen LogP contribution is 2.46. The smallest absolute Gasteiger partial charge is 0.312 e. The van der Waals surface area contributed by atoms with E-state index in [1.54, 1.807) is 36.7 Å². The molecular weight excluding hydrogens is 907 g/mol. The normalized spacial score (nSPS) is 21.1. The van der Waals surface area contributed by atoms with Crippen molar-refractivity contribution in [1.29, 1.82) is 0 Å². The Labute approximate surface area is 421 Å². The van der Waals surface area contributed by atoms with Crippen molar-refractivity contribution in [2.24, 2.45) is 32.7 Å². The summed E-state index contributed by atoms with van der Waals surface area (Å²) < 4.78 is 32.0. The number of ether oxygens (including phenoxy) is 1. The molecule has 4 unspecified atom stereocenters. The second kappa shape index (κ2) is 21.9. The molecule has 0 amide bonds. The molecule has 2 fully saturated rings. The van der Waals surface area contributed by atoms with Crippen LogP contribution in [0.15, 0.2) is 132 Å². The number of aliphatic hydroxyl groups excluding tert-OH is 1. The molecule has 9 nitrogen and oxygen atoms in total. The highest BCUT2D eigenvalue weighted by atomic mass is 19.1. The van der Waals surface area contributed by atoms with Crippen molar-refractivity contribution in [3.63, 3.8) is 0 Å². The van der Waals surface area contributed by atoms with Gasteiger partial charge >= 0.3 is 5.97 Å². The molecule has 4 aromatic carbocycles. The first-order valence-electron chi connectivity index (χ1n) is 25.3. The monoisotopic (exact) mass is 968 g/mol. The number of esters is 1. The number of nitrogens with zero attached hydrogens (tertiary/aromatic N) is 4. The third-order valence-electron chi connectivity index (χ3n) is 15.4. The summed E-state index contributed by atoms with van der Waals surface area (Å²) in [6.07, 6.45) is 12.3. The number of halogens is 2. The van der Waals surface area contributed by atoms with Gasteiger partial charge in [-0.05, 0) is 165 Å². The van der Waals surface area contributed by atoms with E-state index >= 15 is 0 Å².